The Bertz CT molecular complexity index is 1340. The molecule has 0 aromatic heterocycles. The number of nitrogens with one attached hydrogen (secondary N) is 2. The third-order valence-corrected chi connectivity index (χ3v) is 11.6. The van der Waals surface area contributed by atoms with E-state index in [0.29, 0.717) is 17.3 Å². The smallest absolute Gasteiger partial charge is 0.411 e. The first kappa shape index (κ1) is 35.9. The molecule has 0 atom stereocenters. The van der Waals surface area contributed by atoms with E-state index in [1.165, 1.54) is 5.56 Å². The molecule has 240 valence electrons. The van der Waals surface area contributed by atoms with Gasteiger partial charge in [-0.25, -0.2) is 26.4 Å². The average Bonchev–Trinajstić information content (AvgIpc) is 2.92. The number of amides is 2. The summed E-state index contributed by atoms with van der Waals surface area (Å²) in [6.45, 7) is 12.7. The molecule has 11 nitrogen and oxygen atoms in total. The number of carbonyl (C=O) groups is 2. The van der Waals surface area contributed by atoms with Crippen LogP contribution in [-0.2, 0) is 29.1 Å². The van der Waals surface area contributed by atoms with Gasteiger partial charge in [-0.3, -0.25) is 10.6 Å². The lowest BCUT2D eigenvalue weighted by Gasteiger charge is -2.22. The minimum Gasteiger partial charge on any atom is -0.448 e. The van der Waals surface area contributed by atoms with Gasteiger partial charge in [0.05, 0.1) is 11.5 Å². The summed E-state index contributed by atoms with van der Waals surface area (Å²) in [7, 11) is -8.22. The van der Waals surface area contributed by atoms with Crippen molar-refractivity contribution >= 4 is 48.9 Å². The molecule has 0 bridgehead atoms. The van der Waals surface area contributed by atoms with Gasteiger partial charge in [0, 0.05) is 30.2 Å². The van der Waals surface area contributed by atoms with Crippen molar-refractivity contribution in [2.24, 2.45) is 0 Å². The fourth-order valence-electron chi connectivity index (χ4n) is 4.62. The maximum absolute atomic E-state index is 12.4. The molecule has 0 unspecified atom stereocenters. The third-order valence-electron chi connectivity index (χ3n) is 7.13. The van der Waals surface area contributed by atoms with Gasteiger partial charge in [-0.1, -0.05) is 26.0 Å². The zero-order valence-corrected chi connectivity index (χ0v) is 27.6. The number of hydrogen-bond acceptors (Lipinski definition) is 9. The van der Waals surface area contributed by atoms with Crippen LogP contribution in [0.15, 0.2) is 36.4 Å². The standard InChI is InChI=1S/C30H45N3O8S2/c1-7-24(8-2)25-11-13-27(22(5)19-25)31-29(34)40-15-17-42(36,37)21-43(38,39)18-16-41-30(35)32-28-14-12-26(20-23(28)6)33(9-3)10-4/h11-14,19-20,24H,7-10,15-18,21H2,1-6H3,(H,31,34)(H,32,35). The summed E-state index contributed by atoms with van der Waals surface area (Å²) in [6.07, 6.45) is 0.318. The van der Waals surface area contributed by atoms with Crippen LogP contribution < -0.4 is 15.5 Å². The number of rotatable bonds is 16. The molecule has 0 fully saturated rings. The van der Waals surface area contributed by atoms with Crippen molar-refractivity contribution in [1.29, 1.82) is 0 Å². The number of sulfone groups is 2. The van der Waals surface area contributed by atoms with E-state index in [2.05, 4.69) is 29.4 Å². The van der Waals surface area contributed by atoms with Crippen LogP contribution in [0.3, 0.4) is 0 Å². The highest BCUT2D eigenvalue weighted by Gasteiger charge is 2.23. The third kappa shape index (κ3) is 11.7. The first-order chi connectivity index (χ1) is 20.2. The van der Waals surface area contributed by atoms with Gasteiger partial charge in [-0.15, -0.1) is 0 Å². The molecule has 2 N–H and O–H groups in total. The largest absolute Gasteiger partial charge is 0.448 e. The Hall–Kier alpha value is -3.32. The summed E-state index contributed by atoms with van der Waals surface area (Å²) in [5, 5.41) is 4.01. The highest BCUT2D eigenvalue weighted by molar-refractivity contribution is 8.08. The van der Waals surface area contributed by atoms with Crippen molar-refractivity contribution in [3.05, 3.63) is 53.1 Å². The highest BCUT2D eigenvalue weighted by Crippen LogP contribution is 2.27. The van der Waals surface area contributed by atoms with Gasteiger partial charge in [0.25, 0.3) is 0 Å². The number of carbonyl (C=O) groups excluding carboxylic acids is 2. The molecule has 13 heteroatoms. The zero-order chi connectivity index (χ0) is 32.2. The Kier molecular flexibility index (Phi) is 13.8. The summed E-state index contributed by atoms with van der Waals surface area (Å²) in [5.74, 6) is -0.918. The van der Waals surface area contributed by atoms with E-state index in [0.717, 1.165) is 42.7 Å². The molecule has 0 radical (unpaired) electrons. The van der Waals surface area contributed by atoms with Crippen molar-refractivity contribution in [3.8, 4) is 0 Å². The molecule has 2 rings (SSSR count). The van der Waals surface area contributed by atoms with Gasteiger partial charge < -0.3 is 14.4 Å². The fraction of sp³-hybridized carbons (Fsp3) is 0.533. The summed E-state index contributed by atoms with van der Waals surface area (Å²) in [5.41, 5.74) is 4.90. The normalized spacial score (nSPS) is 11.7. The van der Waals surface area contributed by atoms with E-state index in [-0.39, 0.29) is 0 Å². The first-order valence-electron chi connectivity index (χ1n) is 14.5. The van der Waals surface area contributed by atoms with Gasteiger partial charge >= 0.3 is 12.2 Å². The van der Waals surface area contributed by atoms with E-state index in [4.69, 9.17) is 9.47 Å². The molecular weight excluding hydrogens is 594 g/mol. The van der Waals surface area contributed by atoms with Crippen molar-refractivity contribution in [1.82, 2.24) is 0 Å². The van der Waals surface area contributed by atoms with E-state index in [1.54, 1.807) is 12.1 Å². The molecule has 0 spiro atoms. The van der Waals surface area contributed by atoms with Crippen molar-refractivity contribution < 1.29 is 35.9 Å². The second kappa shape index (κ2) is 16.5. The van der Waals surface area contributed by atoms with Gasteiger partial charge in [0.1, 0.15) is 13.2 Å². The Labute approximate surface area is 256 Å². The molecule has 2 amide bonds. The van der Waals surface area contributed by atoms with Crippen LogP contribution in [0.2, 0.25) is 0 Å². The second-order valence-electron chi connectivity index (χ2n) is 10.3. The molecule has 2 aromatic rings. The zero-order valence-electron chi connectivity index (χ0n) is 25.9. The fourth-order valence-corrected chi connectivity index (χ4v) is 8.43. The lowest BCUT2D eigenvalue weighted by molar-refractivity contribution is 0.167. The Balaban J connectivity index is 1.79. The molecule has 0 saturated carbocycles. The van der Waals surface area contributed by atoms with E-state index >= 15 is 0 Å². The Morgan fingerprint density at radius 3 is 1.63 bits per heavy atom. The minimum atomic E-state index is -4.11. The van der Waals surface area contributed by atoms with Crippen LogP contribution in [0.4, 0.5) is 26.7 Å². The summed E-state index contributed by atoms with van der Waals surface area (Å²) in [4.78, 5) is 26.5. The summed E-state index contributed by atoms with van der Waals surface area (Å²) in [6, 6.07) is 11.3. The Morgan fingerprint density at radius 2 is 1.21 bits per heavy atom. The van der Waals surface area contributed by atoms with Crippen LogP contribution in [0.25, 0.3) is 0 Å². The molecular formula is C30H45N3O8S2. The first-order valence-corrected chi connectivity index (χ1v) is 18.1. The lowest BCUT2D eigenvalue weighted by Crippen LogP contribution is -2.27. The van der Waals surface area contributed by atoms with Gasteiger partial charge in [0.2, 0.25) is 0 Å². The van der Waals surface area contributed by atoms with Crippen molar-refractivity contribution in [2.45, 2.75) is 60.3 Å². The number of benzene rings is 2. The maximum atomic E-state index is 12.4. The van der Waals surface area contributed by atoms with E-state index in [1.807, 2.05) is 52.0 Å². The number of ether oxygens (including phenoxy) is 2. The quantitative estimate of drug-likeness (QED) is 0.238. The number of aryl methyl sites for hydroxylation is 2. The summed E-state index contributed by atoms with van der Waals surface area (Å²) < 4.78 is 59.5. The molecule has 0 saturated heterocycles. The van der Waals surface area contributed by atoms with Crippen LogP contribution in [0, 0.1) is 13.8 Å². The minimum absolute atomic E-state index is 0.426. The van der Waals surface area contributed by atoms with Crippen LogP contribution in [0.5, 0.6) is 0 Å². The van der Waals surface area contributed by atoms with Gasteiger partial charge in [-0.05, 0) is 87.4 Å². The SMILES string of the molecule is CCC(CC)c1ccc(NC(=O)OCCS(=O)(=O)CS(=O)(=O)CCOC(=O)Nc2ccc(N(CC)CC)cc2C)c(C)c1. The predicted octanol–water partition coefficient (Wildman–Crippen LogP) is 5.64. The number of hydrogen-bond donors (Lipinski definition) is 2. The van der Waals surface area contributed by atoms with Gasteiger partial charge in [0.15, 0.2) is 24.8 Å². The monoisotopic (exact) mass is 639 g/mol. The van der Waals surface area contributed by atoms with Crippen LogP contribution in [-0.4, -0.2) is 71.9 Å². The topological polar surface area (TPSA) is 148 Å². The van der Waals surface area contributed by atoms with Crippen molar-refractivity contribution in [2.75, 3.05) is 58.4 Å². The highest BCUT2D eigenvalue weighted by atomic mass is 32.3. The number of nitrogens with zero attached hydrogens (tertiary/aromatic N) is 1. The molecule has 43 heavy (non-hydrogen) atoms. The predicted molar refractivity (Wildman–Crippen MR) is 172 cm³/mol. The molecule has 0 heterocycles. The van der Waals surface area contributed by atoms with Crippen LogP contribution in [0.1, 0.15) is 63.1 Å². The van der Waals surface area contributed by atoms with E-state index < -0.39 is 61.7 Å². The number of anilines is 3. The molecule has 0 aliphatic heterocycles. The van der Waals surface area contributed by atoms with Gasteiger partial charge in [-0.2, -0.15) is 0 Å². The summed E-state index contributed by atoms with van der Waals surface area (Å²) >= 11 is 0. The molecule has 0 aliphatic carbocycles. The lowest BCUT2D eigenvalue weighted by atomic mass is 9.92. The molecule has 2 aromatic carbocycles. The Morgan fingerprint density at radius 1 is 0.744 bits per heavy atom. The average molecular weight is 640 g/mol. The van der Waals surface area contributed by atoms with Crippen LogP contribution >= 0.6 is 0 Å². The van der Waals surface area contributed by atoms with Crippen molar-refractivity contribution in [3.63, 3.8) is 0 Å². The van der Waals surface area contributed by atoms with E-state index in [9.17, 15) is 26.4 Å². The second-order valence-corrected chi connectivity index (χ2v) is 15.0. The molecule has 0 aliphatic rings. The maximum Gasteiger partial charge on any atom is 0.411 e.